The van der Waals surface area contributed by atoms with E-state index in [4.69, 9.17) is 0 Å². The van der Waals surface area contributed by atoms with E-state index in [1.54, 1.807) is 0 Å². The third-order valence-corrected chi connectivity index (χ3v) is 6.21. The molecule has 1 heterocycles. The molecule has 2 aliphatic carbocycles. The minimum Gasteiger partial charge on any atom is -0.303 e. The average Bonchev–Trinajstić information content (AvgIpc) is 2.73. The lowest BCUT2D eigenvalue weighted by Gasteiger charge is -2.56. The zero-order valence-corrected chi connectivity index (χ0v) is 14.7. The lowest BCUT2D eigenvalue weighted by molar-refractivity contribution is 0.162. The summed E-state index contributed by atoms with van der Waals surface area (Å²) in [6.45, 7) is 0. The Kier molecular flexibility index (Phi) is 3.76. The monoisotopic (exact) mass is 337 g/mol. The molecule has 1 heteroatoms. The Morgan fingerprint density at radius 2 is 0.962 bits per heavy atom. The molecule has 0 aromatic heterocycles. The van der Waals surface area contributed by atoms with Gasteiger partial charge < -0.3 is 5.32 Å². The highest BCUT2D eigenvalue weighted by Gasteiger charge is 2.54. The third kappa shape index (κ3) is 2.21. The van der Waals surface area contributed by atoms with Crippen molar-refractivity contribution in [1.82, 2.24) is 5.32 Å². The Bertz CT molecular complexity index is 813. The molecule has 0 saturated carbocycles. The highest BCUT2D eigenvalue weighted by molar-refractivity contribution is 5.49. The first-order valence-electron chi connectivity index (χ1n) is 9.48. The molecule has 1 aliphatic heterocycles. The summed E-state index contributed by atoms with van der Waals surface area (Å²) in [5.74, 6) is 0.740. The predicted molar refractivity (Wildman–Crippen MR) is 108 cm³/mol. The van der Waals surface area contributed by atoms with Crippen LogP contribution in [0.4, 0.5) is 0 Å². The highest BCUT2D eigenvalue weighted by atomic mass is 15.0. The van der Waals surface area contributed by atoms with Crippen LogP contribution in [0.5, 0.6) is 0 Å². The number of hydrogen-bond donors (Lipinski definition) is 1. The normalized spacial score (nSPS) is 30.6. The summed E-state index contributed by atoms with van der Waals surface area (Å²) in [5, 5.41) is 3.88. The average molecular weight is 337 g/mol. The molecule has 3 aliphatic rings. The van der Waals surface area contributed by atoms with E-state index in [1.807, 2.05) is 0 Å². The number of nitrogens with one attached hydrogen (secondary N) is 1. The molecule has 5 rings (SSSR count). The fourth-order valence-electron chi connectivity index (χ4n) is 5.21. The number of piperidine rings is 1. The van der Waals surface area contributed by atoms with Crippen molar-refractivity contribution in [3.8, 4) is 0 Å². The molecule has 0 spiro atoms. The van der Waals surface area contributed by atoms with Crippen LogP contribution in [-0.2, 0) is 5.41 Å². The van der Waals surface area contributed by atoms with E-state index in [-0.39, 0.29) is 5.41 Å². The third-order valence-electron chi connectivity index (χ3n) is 6.21. The van der Waals surface area contributed by atoms with Crippen LogP contribution in [0.15, 0.2) is 109 Å². The van der Waals surface area contributed by atoms with Crippen LogP contribution in [0.2, 0.25) is 0 Å². The van der Waals surface area contributed by atoms with Crippen LogP contribution in [0.1, 0.15) is 11.1 Å². The van der Waals surface area contributed by atoms with Crippen LogP contribution < -0.4 is 5.32 Å². The van der Waals surface area contributed by atoms with Gasteiger partial charge in [0.2, 0.25) is 0 Å². The molecule has 0 bridgehead atoms. The minimum atomic E-state index is -0.0916. The molecule has 0 radical (unpaired) electrons. The smallest absolute Gasteiger partial charge is 0.0364 e. The second kappa shape index (κ2) is 6.26. The first-order valence-corrected chi connectivity index (χ1v) is 9.48. The number of hydrogen-bond acceptors (Lipinski definition) is 1. The van der Waals surface area contributed by atoms with Crippen LogP contribution >= 0.6 is 0 Å². The number of fused-ring (bicyclic) bond motifs is 2. The molecular weight excluding hydrogens is 314 g/mol. The fourth-order valence-corrected chi connectivity index (χ4v) is 5.21. The summed E-state index contributed by atoms with van der Waals surface area (Å²) in [6.07, 6.45) is 18.2. The number of allylic oxidation sites excluding steroid dienone is 4. The van der Waals surface area contributed by atoms with Crippen LogP contribution in [-0.4, -0.2) is 12.1 Å². The number of rotatable bonds is 2. The van der Waals surface area contributed by atoms with Crippen LogP contribution in [0.3, 0.4) is 0 Å². The number of benzene rings is 2. The summed E-state index contributed by atoms with van der Waals surface area (Å²) in [6, 6.07) is 22.8. The molecule has 2 aromatic rings. The van der Waals surface area contributed by atoms with Crippen molar-refractivity contribution in [3.63, 3.8) is 0 Å². The van der Waals surface area contributed by atoms with Crippen molar-refractivity contribution < 1.29 is 0 Å². The second-order valence-electron chi connectivity index (χ2n) is 7.41. The lowest BCUT2D eigenvalue weighted by atomic mass is 9.52. The molecular formula is C25H23N. The Balaban J connectivity index is 1.82. The second-order valence-corrected chi connectivity index (χ2v) is 7.41. The van der Waals surface area contributed by atoms with E-state index >= 15 is 0 Å². The maximum atomic E-state index is 3.88. The summed E-state index contributed by atoms with van der Waals surface area (Å²) in [4.78, 5) is 0. The van der Waals surface area contributed by atoms with E-state index in [9.17, 15) is 0 Å². The largest absolute Gasteiger partial charge is 0.303 e. The van der Waals surface area contributed by atoms with E-state index in [1.165, 1.54) is 11.1 Å². The summed E-state index contributed by atoms with van der Waals surface area (Å²) in [7, 11) is 0. The first-order chi connectivity index (χ1) is 12.9. The summed E-state index contributed by atoms with van der Waals surface area (Å²) in [5.41, 5.74) is 2.71. The molecule has 128 valence electrons. The van der Waals surface area contributed by atoms with Gasteiger partial charge in [0, 0.05) is 29.3 Å². The van der Waals surface area contributed by atoms with Crippen molar-refractivity contribution in [2.45, 2.75) is 17.5 Å². The molecule has 4 unspecified atom stereocenters. The summed E-state index contributed by atoms with van der Waals surface area (Å²) < 4.78 is 0. The van der Waals surface area contributed by atoms with Gasteiger partial charge in [-0.2, -0.15) is 0 Å². The Hall–Kier alpha value is -2.64. The van der Waals surface area contributed by atoms with Gasteiger partial charge in [-0.25, -0.2) is 0 Å². The molecule has 1 fully saturated rings. The van der Waals surface area contributed by atoms with Gasteiger partial charge in [-0.05, 0) is 11.1 Å². The molecule has 1 N–H and O–H groups in total. The fraction of sp³-hybridized carbons (Fsp3) is 0.200. The van der Waals surface area contributed by atoms with Gasteiger partial charge in [-0.15, -0.1) is 0 Å². The van der Waals surface area contributed by atoms with Gasteiger partial charge in [-0.1, -0.05) is 109 Å². The van der Waals surface area contributed by atoms with Crippen molar-refractivity contribution >= 4 is 0 Å². The van der Waals surface area contributed by atoms with Crippen LogP contribution in [0, 0.1) is 11.8 Å². The van der Waals surface area contributed by atoms with Crippen molar-refractivity contribution in [3.05, 3.63) is 120 Å². The van der Waals surface area contributed by atoms with Gasteiger partial charge >= 0.3 is 0 Å². The van der Waals surface area contributed by atoms with E-state index in [0.29, 0.717) is 23.9 Å². The molecule has 1 saturated heterocycles. The van der Waals surface area contributed by atoms with E-state index in [2.05, 4.69) is 115 Å². The SMILES string of the molecule is C1=CC2NC3C=CC=CC3C(c3ccccc3)(c3ccccc3)C2C=C1. The van der Waals surface area contributed by atoms with Crippen LogP contribution in [0.25, 0.3) is 0 Å². The molecule has 26 heavy (non-hydrogen) atoms. The first kappa shape index (κ1) is 15.6. The zero-order chi connectivity index (χ0) is 17.4. The van der Waals surface area contributed by atoms with E-state index in [0.717, 1.165) is 0 Å². The zero-order valence-electron chi connectivity index (χ0n) is 14.7. The highest BCUT2D eigenvalue weighted by Crippen LogP contribution is 2.53. The van der Waals surface area contributed by atoms with Gasteiger partial charge in [0.25, 0.3) is 0 Å². The Morgan fingerprint density at radius 3 is 1.42 bits per heavy atom. The topological polar surface area (TPSA) is 12.0 Å². The maximum Gasteiger partial charge on any atom is 0.0364 e. The predicted octanol–water partition coefficient (Wildman–Crippen LogP) is 4.80. The minimum absolute atomic E-state index is 0.0916. The summed E-state index contributed by atoms with van der Waals surface area (Å²) >= 11 is 0. The quantitative estimate of drug-likeness (QED) is 0.830. The van der Waals surface area contributed by atoms with Gasteiger partial charge in [0.15, 0.2) is 0 Å². The van der Waals surface area contributed by atoms with Gasteiger partial charge in [0.05, 0.1) is 0 Å². The molecule has 0 amide bonds. The molecule has 1 nitrogen and oxygen atoms in total. The Labute approximate surface area is 155 Å². The van der Waals surface area contributed by atoms with Crippen molar-refractivity contribution in [2.24, 2.45) is 11.8 Å². The lowest BCUT2D eigenvalue weighted by Crippen LogP contribution is -2.63. The van der Waals surface area contributed by atoms with Crippen molar-refractivity contribution in [2.75, 3.05) is 0 Å². The van der Waals surface area contributed by atoms with E-state index < -0.39 is 0 Å². The maximum absolute atomic E-state index is 3.88. The standard InChI is InChI=1S/C25H23N/c1-3-11-19(12-4-1)25(20-13-5-2-6-14-20)21-15-7-9-17-23(21)26-24-18-10-8-16-22(24)25/h1-18,21-24,26H. The molecule has 2 aromatic carbocycles. The van der Waals surface area contributed by atoms with Gasteiger partial charge in [-0.3, -0.25) is 0 Å². The van der Waals surface area contributed by atoms with Crippen molar-refractivity contribution in [1.29, 1.82) is 0 Å². The van der Waals surface area contributed by atoms with Gasteiger partial charge in [0.1, 0.15) is 0 Å². The Morgan fingerprint density at radius 1 is 0.538 bits per heavy atom. The molecule has 4 atom stereocenters.